The second-order valence-electron chi connectivity index (χ2n) is 13.4. The minimum atomic E-state index is -1.68. The summed E-state index contributed by atoms with van der Waals surface area (Å²) < 4.78 is 15.9. The number of hydrogen-bond acceptors (Lipinski definition) is 8. The van der Waals surface area contributed by atoms with Crippen molar-refractivity contribution in [1.82, 2.24) is 0 Å². The van der Waals surface area contributed by atoms with Gasteiger partial charge in [0.05, 0.1) is 0 Å². The van der Waals surface area contributed by atoms with Crippen molar-refractivity contribution in [3.63, 3.8) is 0 Å². The summed E-state index contributed by atoms with van der Waals surface area (Å²) in [4.78, 5) is 24.5. The van der Waals surface area contributed by atoms with E-state index in [2.05, 4.69) is 58.1 Å². The molecule has 0 amide bonds. The van der Waals surface area contributed by atoms with Crippen molar-refractivity contribution < 1.29 is 39.1 Å². The molecule has 0 aliphatic carbocycles. The van der Waals surface area contributed by atoms with Gasteiger partial charge in [0.15, 0.2) is 0 Å². The third-order valence-corrected chi connectivity index (χ3v) is 7.59. The molecule has 1 fully saturated rings. The smallest absolute Gasteiger partial charge is 0.336 e. The largest absolute Gasteiger partial charge is 0.463 e. The highest BCUT2D eigenvalue weighted by Gasteiger charge is 2.46. The monoisotopic (exact) mass is 680 g/mol. The highest BCUT2D eigenvalue weighted by Crippen LogP contribution is 2.23. The zero-order chi connectivity index (χ0) is 36.9. The zero-order valence-electron chi connectivity index (χ0n) is 31.0. The van der Waals surface area contributed by atoms with Crippen molar-refractivity contribution in [1.29, 1.82) is 0 Å². The van der Waals surface area contributed by atoms with Crippen molar-refractivity contribution >= 4 is 11.9 Å². The molecule has 1 saturated heterocycles. The number of aliphatic hydroxyl groups excluding tert-OH is 3. The van der Waals surface area contributed by atoms with Gasteiger partial charge < -0.3 is 29.5 Å². The molecular weight excluding hydrogens is 620 g/mol. The van der Waals surface area contributed by atoms with Crippen LogP contribution in [0.1, 0.15) is 94.4 Å². The van der Waals surface area contributed by atoms with Crippen molar-refractivity contribution in [3.8, 4) is 0 Å². The maximum atomic E-state index is 12.6. The van der Waals surface area contributed by atoms with Crippen LogP contribution in [0.4, 0.5) is 0 Å². The molecule has 0 bridgehead atoms. The van der Waals surface area contributed by atoms with E-state index in [1.807, 2.05) is 58.1 Å². The first-order chi connectivity index (χ1) is 23.1. The van der Waals surface area contributed by atoms with E-state index in [0.717, 1.165) is 36.8 Å². The number of ether oxygens (including phenoxy) is 3. The van der Waals surface area contributed by atoms with Gasteiger partial charge in [0.25, 0.3) is 0 Å². The Balaban J connectivity index is 2.61. The zero-order valence-corrected chi connectivity index (χ0v) is 31.0. The Kier molecular flexibility index (Phi) is 21.1. The van der Waals surface area contributed by atoms with E-state index in [-0.39, 0.29) is 24.5 Å². The number of carbonyl (C=O) groups excluding carboxylic acids is 2. The van der Waals surface area contributed by atoms with E-state index in [4.69, 9.17) is 14.2 Å². The molecule has 1 heterocycles. The van der Waals surface area contributed by atoms with Crippen molar-refractivity contribution in [3.05, 3.63) is 106 Å². The van der Waals surface area contributed by atoms with Crippen LogP contribution in [0, 0.1) is 5.92 Å². The summed E-state index contributed by atoms with van der Waals surface area (Å²) in [6.07, 6.45) is 20.9. The predicted molar refractivity (Wildman–Crippen MR) is 197 cm³/mol. The van der Waals surface area contributed by atoms with E-state index < -0.39 is 42.6 Å². The number of rotatable bonds is 18. The fourth-order valence-corrected chi connectivity index (χ4v) is 4.54. The molecule has 0 saturated carbocycles. The minimum Gasteiger partial charge on any atom is -0.463 e. The van der Waals surface area contributed by atoms with Crippen molar-refractivity contribution in [2.75, 3.05) is 6.61 Å². The summed E-state index contributed by atoms with van der Waals surface area (Å²) in [6.45, 7) is 17.5. The van der Waals surface area contributed by atoms with Gasteiger partial charge in [-0.2, -0.15) is 0 Å². The number of esters is 2. The van der Waals surface area contributed by atoms with Crippen LogP contribution in [-0.2, 0) is 23.8 Å². The van der Waals surface area contributed by atoms with Crippen LogP contribution in [0.25, 0.3) is 0 Å². The summed E-state index contributed by atoms with van der Waals surface area (Å²) in [5.74, 6) is -1.18. The van der Waals surface area contributed by atoms with Gasteiger partial charge in [-0.3, -0.25) is 4.79 Å². The fraction of sp³-hybridized carbons (Fsp3) is 0.512. The van der Waals surface area contributed by atoms with Crippen LogP contribution in [0.2, 0.25) is 0 Å². The van der Waals surface area contributed by atoms with Gasteiger partial charge >= 0.3 is 11.9 Å². The molecule has 1 aliphatic heterocycles. The van der Waals surface area contributed by atoms with E-state index in [9.17, 15) is 24.9 Å². The van der Waals surface area contributed by atoms with Crippen LogP contribution in [0.3, 0.4) is 0 Å². The minimum absolute atomic E-state index is 0.0810. The summed E-state index contributed by atoms with van der Waals surface area (Å²) in [6, 6.07) is 0. The Labute approximate surface area is 294 Å². The van der Waals surface area contributed by atoms with Gasteiger partial charge in [-0.25, -0.2) is 4.79 Å². The molecule has 0 spiro atoms. The predicted octanol–water partition coefficient (Wildman–Crippen LogP) is 7.85. The highest BCUT2D eigenvalue weighted by atomic mass is 16.7. The van der Waals surface area contributed by atoms with Crippen LogP contribution >= 0.6 is 0 Å². The average molecular weight is 681 g/mol. The lowest BCUT2D eigenvalue weighted by Crippen LogP contribution is -2.59. The molecule has 0 unspecified atom stereocenters. The lowest BCUT2D eigenvalue weighted by atomic mass is 9.99. The first kappa shape index (κ1) is 43.5. The van der Waals surface area contributed by atoms with Crippen LogP contribution in [0.5, 0.6) is 0 Å². The number of hydrogen-bond donors (Lipinski definition) is 3. The normalized spacial score (nSPS) is 23.2. The van der Waals surface area contributed by atoms with E-state index >= 15 is 0 Å². The molecule has 5 atom stereocenters. The molecule has 8 heteroatoms. The third-order valence-electron chi connectivity index (χ3n) is 7.59. The topological polar surface area (TPSA) is 123 Å². The van der Waals surface area contributed by atoms with Crippen LogP contribution < -0.4 is 0 Å². The summed E-state index contributed by atoms with van der Waals surface area (Å²) in [5, 5.41) is 30.8. The van der Waals surface area contributed by atoms with Gasteiger partial charge in [0.1, 0.15) is 31.0 Å². The lowest BCUT2D eigenvalue weighted by Gasteiger charge is -2.39. The van der Waals surface area contributed by atoms with Crippen LogP contribution in [0.15, 0.2) is 106 Å². The van der Waals surface area contributed by atoms with Crippen molar-refractivity contribution in [2.24, 2.45) is 5.92 Å². The first-order valence-electron chi connectivity index (χ1n) is 17.2. The molecule has 1 rings (SSSR count). The van der Waals surface area contributed by atoms with Gasteiger partial charge in [0, 0.05) is 12.0 Å². The Hall–Kier alpha value is -3.56. The van der Waals surface area contributed by atoms with Crippen LogP contribution in [-0.4, -0.2) is 64.6 Å². The quantitative estimate of drug-likeness (QED) is 0.0579. The molecule has 49 heavy (non-hydrogen) atoms. The molecule has 0 aromatic heterocycles. The summed E-state index contributed by atoms with van der Waals surface area (Å²) in [7, 11) is 0. The summed E-state index contributed by atoms with van der Waals surface area (Å²) in [5.41, 5.74) is 6.45. The van der Waals surface area contributed by atoms with Crippen molar-refractivity contribution in [2.45, 2.75) is 125 Å². The molecule has 3 N–H and O–H groups in total. The number of carbonyl (C=O) groups is 2. The molecule has 1 aliphatic rings. The lowest BCUT2D eigenvalue weighted by molar-refractivity contribution is -0.292. The standard InChI is InChI=1S/C41H60O8/c1-28(2)16-12-19-32(7)22-13-20-30(5)17-10-11-18-31(6)21-14-23-33(8)24-15-25-34(9)40(46)49-41-39(45)38(44)37(43)35(48-41)27-47-36(42)26-29(3)4/h10-11,14-18,21-25,29,35,37-39,41,43-45H,12-13,19-20,26-27H2,1-9H3/b11-10+,21-14+,24-15+,30-17+,31-18+,32-22+,33-23+,34-25+/t35-,37-,38+,39-,41+/m1/s1. The number of allylic oxidation sites excluding steroid dienone is 17. The Bertz CT molecular complexity index is 1330. The Morgan fingerprint density at radius 1 is 0.714 bits per heavy atom. The Morgan fingerprint density at radius 2 is 1.29 bits per heavy atom. The third kappa shape index (κ3) is 19.3. The van der Waals surface area contributed by atoms with E-state index in [1.54, 1.807) is 19.1 Å². The van der Waals surface area contributed by atoms with E-state index in [1.165, 1.54) is 16.7 Å². The highest BCUT2D eigenvalue weighted by molar-refractivity contribution is 5.88. The molecule has 0 aromatic rings. The van der Waals surface area contributed by atoms with Gasteiger partial charge in [-0.15, -0.1) is 0 Å². The first-order valence-corrected chi connectivity index (χ1v) is 17.2. The fourth-order valence-electron chi connectivity index (χ4n) is 4.54. The Morgan fingerprint density at radius 3 is 1.92 bits per heavy atom. The summed E-state index contributed by atoms with van der Waals surface area (Å²) >= 11 is 0. The second kappa shape index (κ2) is 23.7. The SMILES string of the molecule is CC(C)=CCC/C(C)=C/CC/C(C)=C/C=C/C=C(C)/C=C/C=C(C)/C=C/C=C(\C)C(=O)O[C@@H]1O[C@H](COC(=O)CC(C)C)[C@@H](O)[C@H](O)[C@H]1O. The molecule has 0 radical (unpaired) electrons. The molecular formula is C41H60O8. The molecule has 0 aromatic carbocycles. The maximum Gasteiger partial charge on any atom is 0.336 e. The molecule has 8 nitrogen and oxygen atoms in total. The van der Waals surface area contributed by atoms with Gasteiger partial charge in [0.2, 0.25) is 6.29 Å². The molecule has 272 valence electrons. The van der Waals surface area contributed by atoms with Gasteiger partial charge in [-0.1, -0.05) is 115 Å². The van der Waals surface area contributed by atoms with Gasteiger partial charge in [-0.05, 0) is 80.1 Å². The average Bonchev–Trinajstić information content (AvgIpc) is 3.02. The second-order valence-corrected chi connectivity index (χ2v) is 13.4. The maximum absolute atomic E-state index is 12.6. The van der Waals surface area contributed by atoms with E-state index in [0.29, 0.717) is 0 Å². The number of aliphatic hydroxyl groups is 3.